The maximum Gasteiger partial charge on any atom is 0.159 e. The molecule has 26 heavy (non-hydrogen) atoms. The summed E-state index contributed by atoms with van der Waals surface area (Å²) in [6.07, 6.45) is 2.37. The molecule has 0 saturated carbocycles. The monoisotopic (exact) mass is 376 g/mol. The van der Waals surface area contributed by atoms with Crippen molar-refractivity contribution >= 4 is 16.3 Å². The zero-order valence-electron chi connectivity index (χ0n) is 15.0. The zero-order valence-corrected chi connectivity index (χ0v) is 15.8. The lowest BCUT2D eigenvalue weighted by Gasteiger charge is -2.17. The topological polar surface area (TPSA) is 55.9 Å². The van der Waals surface area contributed by atoms with E-state index in [0.717, 1.165) is 27.9 Å². The predicted molar refractivity (Wildman–Crippen MR) is 103 cm³/mol. The average molecular weight is 376 g/mol. The van der Waals surface area contributed by atoms with Crippen LogP contribution in [0.15, 0.2) is 30.5 Å². The Hall–Kier alpha value is -2.25. The Bertz CT molecular complexity index is 897. The fraction of sp³-hybridized carbons (Fsp3) is 0.316. The molecule has 0 bridgehead atoms. The number of thiophene rings is 1. The summed E-state index contributed by atoms with van der Waals surface area (Å²) in [5, 5.41) is 8.72. The van der Waals surface area contributed by atoms with Crippen LogP contribution in [-0.4, -0.2) is 22.4 Å². The number of rotatable bonds is 6. The molecule has 3 aromatic rings. The summed E-state index contributed by atoms with van der Waals surface area (Å²) in [7, 11) is 1.93. The molecule has 1 atom stereocenters. The van der Waals surface area contributed by atoms with E-state index in [1.807, 2.05) is 24.9 Å². The quantitative estimate of drug-likeness (QED) is 0.683. The highest BCUT2D eigenvalue weighted by Gasteiger charge is 2.16. The summed E-state index contributed by atoms with van der Waals surface area (Å²) in [5.41, 5.74) is 9.95. The van der Waals surface area contributed by atoms with Crippen molar-refractivity contribution in [2.45, 2.75) is 26.3 Å². The molecule has 0 aliphatic rings. The van der Waals surface area contributed by atoms with Gasteiger partial charge in [0.25, 0.3) is 0 Å². The molecule has 0 saturated heterocycles. The van der Waals surface area contributed by atoms with Crippen molar-refractivity contribution in [2.75, 3.05) is 11.9 Å². The van der Waals surface area contributed by atoms with Crippen LogP contribution in [0.25, 0.3) is 11.3 Å². The first-order valence-corrected chi connectivity index (χ1v) is 9.20. The number of aryl methyl sites for hydroxylation is 3. The van der Waals surface area contributed by atoms with Gasteiger partial charge in [-0.3, -0.25) is 4.68 Å². The van der Waals surface area contributed by atoms with Gasteiger partial charge >= 0.3 is 0 Å². The maximum atomic E-state index is 13.4. The van der Waals surface area contributed by atoms with Gasteiger partial charge in [0.2, 0.25) is 0 Å². The van der Waals surface area contributed by atoms with Crippen molar-refractivity contribution in [1.29, 1.82) is 0 Å². The molecule has 2 aromatic heterocycles. The number of aromatic nitrogens is 2. The van der Waals surface area contributed by atoms with E-state index in [-0.39, 0.29) is 6.04 Å². The second-order valence-corrected chi connectivity index (χ2v) is 7.67. The first-order chi connectivity index (χ1) is 12.4. The van der Waals surface area contributed by atoms with Crippen LogP contribution in [0.3, 0.4) is 0 Å². The Balaban J connectivity index is 1.79. The molecule has 1 aromatic carbocycles. The van der Waals surface area contributed by atoms with Crippen molar-refractivity contribution in [3.05, 3.63) is 58.1 Å². The fourth-order valence-corrected chi connectivity index (χ4v) is 4.07. The summed E-state index contributed by atoms with van der Waals surface area (Å²) < 4.78 is 28.4. The van der Waals surface area contributed by atoms with Gasteiger partial charge in [0.1, 0.15) is 0 Å². The third kappa shape index (κ3) is 3.78. The molecule has 0 radical (unpaired) electrons. The zero-order chi connectivity index (χ0) is 18.8. The molecule has 3 N–H and O–H groups in total. The number of halogens is 2. The van der Waals surface area contributed by atoms with Crippen LogP contribution >= 0.6 is 11.3 Å². The molecule has 7 heteroatoms. The van der Waals surface area contributed by atoms with Crippen molar-refractivity contribution in [3.63, 3.8) is 0 Å². The Morgan fingerprint density at radius 1 is 1.23 bits per heavy atom. The lowest BCUT2D eigenvalue weighted by Crippen LogP contribution is -2.30. The van der Waals surface area contributed by atoms with E-state index in [9.17, 15) is 8.78 Å². The van der Waals surface area contributed by atoms with Gasteiger partial charge in [0.05, 0.1) is 16.9 Å². The largest absolute Gasteiger partial charge is 0.373 e. The number of hydrogen-bond donors (Lipinski definition) is 2. The SMILES string of the molecule is Cc1cnn(C)c1-c1cc(N[C@H](CN)Cc2ccc(F)c(F)c2)sc1C. The Morgan fingerprint density at radius 3 is 2.62 bits per heavy atom. The number of nitrogens with zero attached hydrogens (tertiary/aromatic N) is 2. The van der Waals surface area contributed by atoms with Crippen LogP contribution in [0.5, 0.6) is 0 Å². The second kappa shape index (κ2) is 7.55. The first-order valence-electron chi connectivity index (χ1n) is 8.39. The van der Waals surface area contributed by atoms with E-state index < -0.39 is 11.6 Å². The lowest BCUT2D eigenvalue weighted by molar-refractivity contribution is 0.506. The van der Waals surface area contributed by atoms with Gasteiger partial charge in [-0.1, -0.05) is 6.07 Å². The summed E-state index contributed by atoms with van der Waals surface area (Å²) >= 11 is 1.65. The molecule has 138 valence electrons. The van der Waals surface area contributed by atoms with E-state index in [1.54, 1.807) is 17.4 Å². The lowest BCUT2D eigenvalue weighted by atomic mass is 10.1. The minimum atomic E-state index is -0.837. The molecule has 0 spiro atoms. The molecular weight excluding hydrogens is 354 g/mol. The van der Waals surface area contributed by atoms with E-state index in [2.05, 4.69) is 23.4 Å². The standard InChI is InChI=1S/C19H22F2N4S/c1-11-10-23-25(3)19(11)15-8-18(26-12(15)2)24-14(9-22)6-13-4-5-16(20)17(21)7-13/h4-5,7-8,10,14,24H,6,9,22H2,1-3H3/t14-/m0/s1. The first kappa shape index (κ1) is 18.5. The molecule has 0 fully saturated rings. The minimum Gasteiger partial charge on any atom is -0.373 e. The van der Waals surface area contributed by atoms with E-state index in [4.69, 9.17) is 5.73 Å². The van der Waals surface area contributed by atoms with Crippen LogP contribution in [0, 0.1) is 25.5 Å². The van der Waals surface area contributed by atoms with Crippen LogP contribution in [0.2, 0.25) is 0 Å². The van der Waals surface area contributed by atoms with Gasteiger partial charge < -0.3 is 11.1 Å². The van der Waals surface area contributed by atoms with Crippen molar-refractivity contribution in [1.82, 2.24) is 9.78 Å². The summed E-state index contributed by atoms with van der Waals surface area (Å²) in [5.74, 6) is -1.67. The van der Waals surface area contributed by atoms with Gasteiger partial charge in [-0.2, -0.15) is 5.10 Å². The van der Waals surface area contributed by atoms with E-state index >= 15 is 0 Å². The number of nitrogens with two attached hydrogens (primary N) is 1. The summed E-state index contributed by atoms with van der Waals surface area (Å²) in [6.45, 7) is 4.50. The Morgan fingerprint density at radius 2 is 2.00 bits per heavy atom. The van der Waals surface area contributed by atoms with Gasteiger partial charge in [-0.05, 0) is 49.6 Å². The summed E-state index contributed by atoms with van der Waals surface area (Å²) in [6, 6.07) is 5.99. The number of hydrogen-bond acceptors (Lipinski definition) is 4. The normalized spacial score (nSPS) is 12.4. The molecule has 0 unspecified atom stereocenters. The van der Waals surface area contributed by atoms with Crippen molar-refractivity contribution in [3.8, 4) is 11.3 Å². The smallest absolute Gasteiger partial charge is 0.159 e. The third-order valence-electron chi connectivity index (χ3n) is 4.39. The molecule has 2 heterocycles. The molecule has 0 aliphatic carbocycles. The van der Waals surface area contributed by atoms with Gasteiger partial charge in [0.15, 0.2) is 11.6 Å². The number of benzene rings is 1. The van der Waals surface area contributed by atoms with Crippen LogP contribution < -0.4 is 11.1 Å². The molecule has 4 nitrogen and oxygen atoms in total. The van der Waals surface area contributed by atoms with Gasteiger partial charge in [0, 0.05) is 30.1 Å². The third-order valence-corrected chi connectivity index (χ3v) is 5.37. The van der Waals surface area contributed by atoms with Gasteiger partial charge in [-0.15, -0.1) is 11.3 Å². The summed E-state index contributed by atoms with van der Waals surface area (Å²) in [4.78, 5) is 1.18. The number of nitrogens with one attached hydrogen (secondary N) is 1. The van der Waals surface area contributed by atoms with E-state index in [1.165, 1.54) is 10.9 Å². The average Bonchev–Trinajstić information content (AvgIpc) is 3.11. The number of anilines is 1. The fourth-order valence-electron chi connectivity index (χ4n) is 3.07. The van der Waals surface area contributed by atoms with Gasteiger partial charge in [-0.25, -0.2) is 8.78 Å². The van der Waals surface area contributed by atoms with Crippen LogP contribution in [0.1, 0.15) is 16.0 Å². The van der Waals surface area contributed by atoms with Crippen LogP contribution in [-0.2, 0) is 13.5 Å². The molecule has 0 amide bonds. The van der Waals surface area contributed by atoms with Crippen LogP contribution in [0.4, 0.5) is 13.8 Å². The predicted octanol–water partition coefficient (Wildman–Crippen LogP) is 4.03. The van der Waals surface area contributed by atoms with Crippen molar-refractivity contribution in [2.24, 2.45) is 12.8 Å². The molecule has 3 rings (SSSR count). The minimum absolute atomic E-state index is 0.0709. The molecular formula is C19H22F2N4S. The Kier molecular flexibility index (Phi) is 5.38. The Labute approximate surface area is 155 Å². The molecule has 0 aliphatic heterocycles. The highest BCUT2D eigenvalue weighted by molar-refractivity contribution is 7.16. The highest BCUT2D eigenvalue weighted by Crippen LogP contribution is 2.35. The maximum absolute atomic E-state index is 13.4. The van der Waals surface area contributed by atoms with Crippen molar-refractivity contribution < 1.29 is 8.78 Å². The van der Waals surface area contributed by atoms with E-state index in [0.29, 0.717) is 18.5 Å². The second-order valence-electron chi connectivity index (χ2n) is 6.41. The highest BCUT2D eigenvalue weighted by atomic mass is 32.1.